The molecule has 2 aromatic rings. The van der Waals surface area contributed by atoms with Crippen molar-refractivity contribution in [1.82, 2.24) is 15.0 Å². The third-order valence-electron chi connectivity index (χ3n) is 2.62. The van der Waals surface area contributed by atoms with Crippen molar-refractivity contribution >= 4 is 12.0 Å². The molecule has 0 saturated carbocycles. The first-order valence-corrected chi connectivity index (χ1v) is 5.23. The Morgan fingerprint density at radius 3 is 2.53 bits per heavy atom. The van der Waals surface area contributed by atoms with E-state index >= 15 is 0 Å². The smallest absolute Gasteiger partial charge is 0.312 e. The molecule has 0 amide bonds. The summed E-state index contributed by atoms with van der Waals surface area (Å²) in [6, 6.07) is 7.67. The van der Waals surface area contributed by atoms with Gasteiger partial charge in [-0.1, -0.05) is 0 Å². The van der Waals surface area contributed by atoms with Crippen LogP contribution < -0.4 is 16.1 Å². The molecule has 0 atom stereocenters. The van der Waals surface area contributed by atoms with Crippen LogP contribution in [0.15, 0.2) is 46.4 Å². The van der Waals surface area contributed by atoms with E-state index in [9.17, 15) is 4.79 Å². The van der Waals surface area contributed by atoms with Crippen LogP contribution in [0.1, 0.15) is 0 Å². The molecule has 2 N–H and O–H groups in total. The molecule has 3 rings (SSSR count). The number of nitrogens with one attached hydrogen (secondary N) is 2. The third kappa shape index (κ3) is 1.69. The zero-order chi connectivity index (χ0) is 11.7. The zero-order valence-corrected chi connectivity index (χ0v) is 9.00. The monoisotopic (exact) mass is 229 g/mol. The first-order valence-electron chi connectivity index (χ1n) is 5.23. The van der Waals surface area contributed by atoms with Gasteiger partial charge in [-0.15, -0.1) is 0 Å². The van der Waals surface area contributed by atoms with E-state index in [4.69, 9.17) is 0 Å². The van der Waals surface area contributed by atoms with Gasteiger partial charge in [0.05, 0.1) is 11.4 Å². The van der Waals surface area contributed by atoms with Crippen molar-refractivity contribution in [2.24, 2.45) is 4.99 Å². The second-order valence-corrected chi connectivity index (χ2v) is 3.66. The van der Waals surface area contributed by atoms with Gasteiger partial charge >= 0.3 is 5.69 Å². The number of aromatic amines is 1. The first kappa shape index (κ1) is 9.71. The summed E-state index contributed by atoms with van der Waals surface area (Å²) in [5, 5.41) is 1.91. The fraction of sp³-hybridized carbons (Fsp3) is 0.0909. The number of anilines is 1. The lowest BCUT2D eigenvalue weighted by Gasteiger charge is -2.16. The highest BCUT2D eigenvalue weighted by molar-refractivity contribution is 5.64. The molecular weight excluding hydrogens is 218 g/mol. The maximum atomic E-state index is 11.4. The van der Waals surface area contributed by atoms with Gasteiger partial charge in [0.1, 0.15) is 13.0 Å². The minimum atomic E-state index is -0.139. The summed E-state index contributed by atoms with van der Waals surface area (Å²) in [7, 11) is 0. The summed E-state index contributed by atoms with van der Waals surface area (Å²) < 4.78 is 1.55. The summed E-state index contributed by atoms with van der Waals surface area (Å²) in [6.45, 7) is 0.601. The van der Waals surface area contributed by atoms with Gasteiger partial charge in [0.2, 0.25) is 0 Å². The van der Waals surface area contributed by atoms with E-state index in [1.807, 2.05) is 29.3 Å². The fourth-order valence-corrected chi connectivity index (χ4v) is 1.75. The highest BCUT2D eigenvalue weighted by Gasteiger charge is 2.08. The molecule has 0 radical (unpaired) electrons. The van der Waals surface area contributed by atoms with E-state index in [2.05, 4.69) is 15.4 Å². The van der Waals surface area contributed by atoms with Crippen LogP contribution in [0.4, 0.5) is 5.69 Å². The van der Waals surface area contributed by atoms with Crippen molar-refractivity contribution < 1.29 is 0 Å². The molecule has 2 heterocycles. The molecule has 0 aliphatic carbocycles. The number of hydrazine groups is 1. The number of rotatable bonds is 2. The van der Waals surface area contributed by atoms with Gasteiger partial charge in [0.15, 0.2) is 0 Å². The molecular formula is C11H11N5O. The van der Waals surface area contributed by atoms with Crippen LogP contribution in [0.25, 0.3) is 5.69 Å². The average Bonchev–Trinajstić information content (AvgIpc) is 3.00. The van der Waals surface area contributed by atoms with Crippen LogP contribution in [0.2, 0.25) is 0 Å². The molecule has 0 bridgehead atoms. The quantitative estimate of drug-likeness (QED) is 0.787. The van der Waals surface area contributed by atoms with E-state index in [1.165, 1.54) is 0 Å². The zero-order valence-electron chi connectivity index (χ0n) is 9.00. The van der Waals surface area contributed by atoms with E-state index in [0.717, 1.165) is 11.4 Å². The molecule has 0 fully saturated rings. The summed E-state index contributed by atoms with van der Waals surface area (Å²) >= 11 is 0. The Labute approximate surface area is 97.2 Å². The van der Waals surface area contributed by atoms with Gasteiger partial charge in [-0.25, -0.2) is 4.79 Å². The molecule has 0 spiro atoms. The topological polar surface area (TPSA) is 65.4 Å². The van der Waals surface area contributed by atoms with Gasteiger partial charge in [0, 0.05) is 12.4 Å². The van der Waals surface area contributed by atoms with Crippen molar-refractivity contribution in [2.45, 2.75) is 0 Å². The number of hydrogen-bond donors (Lipinski definition) is 2. The highest BCUT2D eigenvalue weighted by Crippen LogP contribution is 2.16. The summed E-state index contributed by atoms with van der Waals surface area (Å²) in [5.41, 5.74) is 4.71. The molecule has 0 saturated heterocycles. The van der Waals surface area contributed by atoms with Crippen molar-refractivity contribution in [3.63, 3.8) is 0 Å². The predicted octanol–water partition coefficient (Wildman–Crippen LogP) is 0.476. The number of hydrogen-bond acceptors (Lipinski definition) is 4. The maximum absolute atomic E-state index is 11.4. The van der Waals surface area contributed by atoms with Crippen molar-refractivity contribution in [3.8, 4) is 5.69 Å². The Bertz CT molecular complexity index is 587. The first-order chi connectivity index (χ1) is 8.34. The number of imidazole rings is 1. The summed E-state index contributed by atoms with van der Waals surface area (Å²) in [6.07, 6.45) is 4.98. The number of aliphatic imine (C=N–C) groups is 1. The van der Waals surface area contributed by atoms with E-state index < -0.39 is 0 Å². The maximum Gasteiger partial charge on any atom is 0.330 e. The van der Waals surface area contributed by atoms with Crippen LogP contribution in [0, 0.1) is 0 Å². The van der Waals surface area contributed by atoms with Gasteiger partial charge in [-0.2, -0.15) is 0 Å². The number of H-pyrrole nitrogens is 1. The van der Waals surface area contributed by atoms with E-state index in [-0.39, 0.29) is 5.69 Å². The van der Waals surface area contributed by atoms with Crippen molar-refractivity contribution in [1.29, 1.82) is 0 Å². The minimum absolute atomic E-state index is 0.139. The lowest BCUT2D eigenvalue weighted by atomic mass is 10.2. The molecule has 1 aliphatic heterocycles. The van der Waals surface area contributed by atoms with Crippen LogP contribution in [-0.4, -0.2) is 22.6 Å². The van der Waals surface area contributed by atoms with E-state index in [1.54, 1.807) is 23.3 Å². The minimum Gasteiger partial charge on any atom is -0.312 e. The molecule has 6 heteroatoms. The Morgan fingerprint density at radius 1 is 1.18 bits per heavy atom. The summed E-state index contributed by atoms with van der Waals surface area (Å²) in [4.78, 5) is 18.1. The molecule has 1 aromatic heterocycles. The molecule has 86 valence electrons. The van der Waals surface area contributed by atoms with Crippen LogP contribution in [0.5, 0.6) is 0 Å². The second kappa shape index (κ2) is 3.82. The van der Waals surface area contributed by atoms with Crippen LogP contribution >= 0.6 is 0 Å². The molecule has 1 aliphatic rings. The standard InChI is InChI=1S/C11H11N5O/c17-11-13-5-6-15(11)9-1-3-10(4-2-9)16-8-12-7-14-16/h1-7H,8H2,(H,12,14)(H,13,17). The predicted molar refractivity (Wildman–Crippen MR) is 65.4 cm³/mol. The lowest BCUT2D eigenvalue weighted by Crippen LogP contribution is -2.31. The van der Waals surface area contributed by atoms with Crippen molar-refractivity contribution in [2.75, 3.05) is 11.7 Å². The highest BCUT2D eigenvalue weighted by atomic mass is 16.1. The second-order valence-electron chi connectivity index (χ2n) is 3.66. The Balaban J connectivity index is 1.90. The van der Waals surface area contributed by atoms with Crippen LogP contribution in [-0.2, 0) is 0 Å². The molecule has 6 nitrogen and oxygen atoms in total. The van der Waals surface area contributed by atoms with Gasteiger partial charge in [-0.3, -0.25) is 20.0 Å². The number of aromatic nitrogens is 2. The average molecular weight is 229 g/mol. The Hall–Kier alpha value is -2.50. The summed E-state index contributed by atoms with van der Waals surface area (Å²) in [5.74, 6) is 0. The number of benzene rings is 1. The van der Waals surface area contributed by atoms with E-state index in [0.29, 0.717) is 6.67 Å². The van der Waals surface area contributed by atoms with Crippen LogP contribution in [0.3, 0.4) is 0 Å². The largest absolute Gasteiger partial charge is 0.330 e. The third-order valence-corrected chi connectivity index (χ3v) is 2.62. The molecule has 1 aromatic carbocycles. The molecule has 0 unspecified atom stereocenters. The number of nitrogens with zero attached hydrogens (tertiary/aromatic N) is 3. The Kier molecular flexibility index (Phi) is 2.18. The van der Waals surface area contributed by atoms with Crippen molar-refractivity contribution in [3.05, 3.63) is 47.1 Å². The van der Waals surface area contributed by atoms with Gasteiger partial charge < -0.3 is 4.98 Å². The fourth-order valence-electron chi connectivity index (χ4n) is 1.75. The van der Waals surface area contributed by atoms with Gasteiger partial charge in [-0.05, 0) is 24.3 Å². The molecule has 17 heavy (non-hydrogen) atoms. The Morgan fingerprint density at radius 2 is 1.94 bits per heavy atom. The lowest BCUT2D eigenvalue weighted by molar-refractivity contribution is 0.844. The van der Waals surface area contributed by atoms with Gasteiger partial charge in [0.25, 0.3) is 0 Å². The SMILES string of the molecule is O=c1[nH]ccn1-c1ccc(N2CN=CN2)cc1. The normalized spacial score (nSPS) is 14.0.